The van der Waals surface area contributed by atoms with E-state index in [0.29, 0.717) is 11.0 Å². The number of fused-ring (bicyclic) bond motifs is 1. The lowest BCUT2D eigenvalue weighted by Gasteiger charge is -2.31. The molecule has 1 N–H and O–H groups in total. The Bertz CT molecular complexity index is 1300. The van der Waals surface area contributed by atoms with Crippen molar-refractivity contribution in [3.8, 4) is 0 Å². The largest absolute Gasteiger partial charge is 0.302 e. The molecular formula is C26H30ClN3O3S2. The van der Waals surface area contributed by atoms with Crippen LogP contribution in [-0.2, 0) is 27.6 Å². The minimum Gasteiger partial charge on any atom is -0.302 e. The van der Waals surface area contributed by atoms with E-state index < -0.39 is 9.84 Å². The molecule has 6 nitrogen and oxygen atoms in total. The first-order valence-electron chi connectivity index (χ1n) is 11.7. The predicted molar refractivity (Wildman–Crippen MR) is 142 cm³/mol. The third-order valence-electron chi connectivity index (χ3n) is 6.38. The van der Waals surface area contributed by atoms with Gasteiger partial charge < -0.3 is 5.32 Å². The Hall–Kier alpha value is -2.26. The number of amides is 1. The van der Waals surface area contributed by atoms with Gasteiger partial charge in [-0.25, -0.2) is 13.4 Å². The number of anilines is 1. The van der Waals surface area contributed by atoms with Gasteiger partial charge in [0.15, 0.2) is 15.0 Å². The number of nitrogens with zero attached hydrogens (tertiary/aromatic N) is 2. The lowest BCUT2D eigenvalue weighted by atomic mass is 10.0. The monoisotopic (exact) mass is 531 g/mol. The molecule has 35 heavy (non-hydrogen) atoms. The molecule has 2 heterocycles. The predicted octanol–water partition coefficient (Wildman–Crippen LogP) is 6.05. The van der Waals surface area contributed by atoms with Crippen molar-refractivity contribution in [1.29, 1.82) is 0 Å². The topological polar surface area (TPSA) is 79.4 Å². The van der Waals surface area contributed by atoms with Gasteiger partial charge >= 0.3 is 0 Å². The van der Waals surface area contributed by atoms with Crippen molar-refractivity contribution >= 4 is 43.8 Å². The van der Waals surface area contributed by atoms with Crippen molar-refractivity contribution in [3.63, 3.8) is 0 Å². The van der Waals surface area contributed by atoms with E-state index in [4.69, 9.17) is 16.6 Å². The summed E-state index contributed by atoms with van der Waals surface area (Å²) in [4.78, 5) is 21.4. The Balaban J connectivity index is 1.46. The highest BCUT2D eigenvalue weighted by Crippen LogP contribution is 2.49. The van der Waals surface area contributed by atoms with Gasteiger partial charge in [-0.1, -0.05) is 68.0 Å². The summed E-state index contributed by atoms with van der Waals surface area (Å²) in [5.74, 6) is 0.235. The molecule has 0 bridgehead atoms. The second-order valence-corrected chi connectivity index (χ2v) is 12.9. The summed E-state index contributed by atoms with van der Waals surface area (Å²) in [5.41, 5.74) is 2.99. The summed E-state index contributed by atoms with van der Waals surface area (Å²) in [6.07, 6.45) is 0.155. The van der Waals surface area contributed by atoms with Crippen molar-refractivity contribution in [2.75, 3.05) is 11.1 Å². The molecule has 1 amide bonds. The first kappa shape index (κ1) is 25.8. The molecule has 1 aliphatic rings. The Labute approximate surface area is 216 Å². The highest BCUT2D eigenvalue weighted by molar-refractivity contribution is 7.91. The number of halogens is 1. The SMILES string of the molecule is CCS(=O)(=O)c1ccc(CC(=O)Nc2nc3c(s2)C(C)N(Cc2ccc(Cl)cc2)[C@H]3C(C)C)cc1. The maximum atomic E-state index is 12.7. The molecule has 0 saturated carbocycles. The van der Waals surface area contributed by atoms with Gasteiger partial charge in [0.05, 0.1) is 28.8 Å². The van der Waals surface area contributed by atoms with Crippen LogP contribution in [0.5, 0.6) is 0 Å². The fourth-order valence-corrected chi connectivity index (χ4v) is 6.63. The van der Waals surface area contributed by atoms with Gasteiger partial charge in [0.25, 0.3) is 0 Å². The highest BCUT2D eigenvalue weighted by atomic mass is 35.5. The van der Waals surface area contributed by atoms with Gasteiger partial charge in [0.2, 0.25) is 5.91 Å². The van der Waals surface area contributed by atoms with Crippen LogP contribution in [0.3, 0.4) is 0 Å². The average molecular weight is 532 g/mol. The number of benzene rings is 2. The van der Waals surface area contributed by atoms with Crippen molar-refractivity contribution in [3.05, 3.63) is 75.3 Å². The number of hydrogen-bond acceptors (Lipinski definition) is 6. The molecule has 4 rings (SSSR count). The first-order valence-corrected chi connectivity index (χ1v) is 14.6. The second kappa shape index (κ2) is 10.4. The molecule has 0 aliphatic carbocycles. The molecule has 0 spiro atoms. The maximum absolute atomic E-state index is 12.7. The van der Waals surface area contributed by atoms with Crippen LogP contribution < -0.4 is 5.32 Å². The van der Waals surface area contributed by atoms with Crippen molar-refractivity contribution in [2.24, 2.45) is 5.92 Å². The molecule has 0 saturated heterocycles. The van der Waals surface area contributed by atoms with E-state index in [2.05, 4.69) is 43.1 Å². The molecule has 186 valence electrons. The van der Waals surface area contributed by atoms with E-state index in [1.165, 1.54) is 21.8 Å². The Kier molecular flexibility index (Phi) is 7.66. The van der Waals surface area contributed by atoms with Gasteiger partial charge in [-0.15, -0.1) is 0 Å². The molecule has 1 aromatic heterocycles. The van der Waals surface area contributed by atoms with Gasteiger partial charge in [0, 0.05) is 22.5 Å². The number of aromatic nitrogens is 1. The molecule has 1 unspecified atom stereocenters. The molecule has 9 heteroatoms. The van der Waals surface area contributed by atoms with E-state index in [-0.39, 0.29) is 35.1 Å². The van der Waals surface area contributed by atoms with Crippen LogP contribution in [0.1, 0.15) is 61.5 Å². The smallest absolute Gasteiger partial charge is 0.230 e. The molecule has 2 atom stereocenters. The normalized spacial score (nSPS) is 18.1. The molecule has 3 aromatic rings. The molecule has 2 aromatic carbocycles. The number of rotatable bonds is 8. The van der Waals surface area contributed by atoms with Crippen LogP contribution in [0, 0.1) is 5.92 Å². The van der Waals surface area contributed by atoms with Gasteiger partial charge in [0.1, 0.15) is 0 Å². The third-order valence-corrected chi connectivity index (χ3v) is 9.54. The maximum Gasteiger partial charge on any atom is 0.230 e. The van der Waals surface area contributed by atoms with Gasteiger partial charge in [-0.2, -0.15) is 0 Å². The highest BCUT2D eigenvalue weighted by Gasteiger charge is 2.41. The Morgan fingerprint density at radius 2 is 1.74 bits per heavy atom. The zero-order valence-electron chi connectivity index (χ0n) is 20.3. The summed E-state index contributed by atoms with van der Waals surface area (Å²) in [5, 5.41) is 4.28. The number of sulfone groups is 1. The molecule has 0 radical (unpaired) electrons. The fourth-order valence-electron chi connectivity index (χ4n) is 4.52. The van der Waals surface area contributed by atoms with Crippen molar-refractivity contribution < 1.29 is 13.2 Å². The number of nitrogens with one attached hydrogen (secondary N) is 1. The molecule has 1 aliphatic heterocycles. The van der Waals surface area contributed by atoms with Crippen LogP contribution in [0.4, 0.5) is 5.13 Å². The zero-order chi connectivity index (χ0) is 25.3. The van der Waals surface area contributed by atoms with Crippen LogP contribution in [0.25, 0.3) is 0 Å². The summed E-state index contributed by atoms with van der Waals surface area (Å²) in [7, 11) is -3.25. The zero-order valence-corrected chi connectivity index (χ0v) is 22.7. The summed E-state index contributed by atoms with van der Waals surface area (Å²) in [6, 6.07) is 14.8. The fraction of sp³-hybridized carbons (Fsp3) is 0.385. The van der Waals surface area contributed by atoms with E-state index in [0.717, 1.165) is 22.8 Å². The standard InChI is InChI=1S/C26H30ClN3O3S2/c1-5-35(32,33)21-12-8-18(9-13-21)14-22(31)28-26-29-23-24(16(2)3)30(17(4)25(23)34-26)15-19-6-10-20(27)11-7-19/h6-13,16-17,24H,5,14-15H2,1-4H3,(H,28,29,31)/t17?,24-/m0/s1. The second-order valence-electron chi connectivity index (χ2n) is 9.20. The number of carbonyl (C=O) groups excluding carboxylic acids is 1. The summed E-state index contributed by atoms with van der Waals surface area (Å²) in [6.45, 7) is 8.99. The quantitative estimate of drug-likeness (QED) is 0.383. The van der Waals surface area contributed by atoms with Crippen LogP contribution in [-0.4, -0.2) is 30.0 Å². The van der Waals surface area contributed by atoms with E-state index >= 15 is 0 Å². The average Bonchev–Trinajstić information content (AvgIpc) is 3.32. The number of carbonyl (C=O) groups is 1. The van der Waals surface area contributed by atoms with E-state index in [1.807, 2.05) is 12.1 Å². The minimum absolute atomic E-state index is 0.0501. The van der Waals surface area contributed by atoms with Gasteiger partial charge in [-0.05, 0) is 48.2 Å². The summed E-state index contributed by atoms with van der Waals surface area (Å²) < 4.78 is 24.0. The van der Waals surface area contributed by atoms with Gasteiger partial charge in [-0.3, -0.25) is 9.69 Å². The number of hydrogen-bond donors (Lipinski definition) is 1. The Morgan fingerprint density at radius 1 is 1.11 bits per heavy atom. The van der Waals surface area contributed by atoms with Crippen LogP contribution >= 0.6 is 22.9 Å². The molecule has 0 fully saturated rings. The van der Waals surface area contributed by atoms with Crippen LogP contribution in [0.15, 0.2) is 53.4 Å². The Morgan fingerprint density at radius 3 is 2.34 bits per heavy atom. The van der Waals surface area contributed by atoms with Crippen molar-refractivity contribution in [1.82, 2.24) is 9.88 Å². The third kappa shape index (κ3) is 5.61. The molecular weight excluding hydrogens is 502 g/mol. The lowest BCUT2D eigenvalue weighted by Crippen LogP contribution is -2.28. The number of thiazole rings is 1. The lowest BCUT2D eigenvalue weighted by molar-refractivity contribution is -0.115. The van der Waals surface area contributed by atoms with E-state index in [9.17, 15) is 13.2 Å². The van der Waals surface area contributed by atoms with Crippen molar-refractivity contribution in [2.45, 2.75) is 57.6 Å². The first-order chi connectivity index (χ1) is 16.6. The summed E-state index contributed by atoms with van der Waals surface area (Å²) >= 11 is 7.58. The van der Waals surface area contributed by atoms with E-state index in [1.54, 1.807) is 31.2 Å². The minimum atomic E-state index is -3.25. The van der Waals surface area contributed by atoms with Crippen LogP contribution in [0.2, 0.25) is 5.02 Å².